The summed E-state index contributed by atoms with van der Waals surface area (Å²) in [5, 5.41) is 0. The van der Waals surface area contributed by atoms with Gasteiger partial charge in [-0.1, -0.05) is 56.3 Å². The molecule has 0 unspecified atom stereocenters. The molecule has 256 valence electrons. The lowest BCUT2D eigenvalue weighted by Gasteiger charge is -2.40. The van der Waals surface area contributed by atoms with Gasteiger partial charge < -0.3 is 14.5 Å². The highest BCUT2D eigenvalue weighted by atomic mass is 19.1. The second kappa shape index (κ2) is 11.4. The molecule has 10 rings (SSSR count). The molecule has 0 saturated carbocycles. The van der Waals surface area contributed by atoms with Gasteiger partial charge in [-0.05, 0) is 136 Å². The molecular weight excluding hydrogens is 671 g/mol. The first kappa shape index (κ1) is 31.5. The van der Waals surface area contributed by atoms with E-state index in [9.17, 15) is 8.78 Å². The summed E-state index contributed by atoms with van der Waals surface area (Å²) in [4.78, 5) is 3.67. The first-order valence-electron chi connectivity index (χ1n) is 17.5. The highest BCUT2D eigenvalue weighted by Gasteiger charge is 2.45. The first-order valence-corrected chi connectivity index (χ1v) is 17.5. The largest absolute Gasteiger partial charge is 0.458 e. The summed E-state index contributed by atoms with van der Waals surface area (Å²) in [6, 6.07) is 40.6. The van der Waals surface area contributed by atoms with Crippen LogP contribution in [0.3, 0.4) is 0 Å². The van der Waals surface area contributed by atoms with Gasteiger partial charge >= 0.3 is 0 Å². The maximum atomic E-state index is 15.5. The number of rotatable bonds is 4. The van der Waals surface area contributed by atoms with Crippen LogP contribution in [0.2, 0.25) is 0 Å². The monoisotopic (exact) mass is 700 g/mol. The van der Waals surface area contributed by atoms with Crippen molar-refractivity contribution in [1.29, 1.82) is 0 Å². The summed E-state index contributed by atoms with van der Waals surface area (Å²) in [6.07, 6.45) is 0. The van der Waals surface area contributed by atoms with Gasteiger partial charge in [0, 0.05) is 33.9 Å². The Morgan fingerprint density at radius 3 is 1.85 bits per heavy atom. The minimum Gasteiger partial charge on any atom is -0.458 e. The van der Waals surface area contributed by atoms with Crippen molar-refractivity contribution in [2.75, 3.05) is 9.80 Å². The van der Waals surface area contributed by atoms with Crippen LogP contribution in [-0.2, 0) is 5.41 Å². The van der Waals surface area contributed by atoms with E-state index in [1.165, 1.54) is 42.5 Å². The Morgan fingerprint density at radius 1 is 0.547 bits per heavy atom. The SMILES string of the molecule is CC1(C)c2cc(N(c3ccc(F)cc3)c3ccc(F)cc3)ccc2-c2cc3c(cc21)B1c2ccccc2N(c2c(F)cccc2F)c2cccc(c21)O3. The summed E-state index contributed by atoms with van der Waals surface area (Å²) in [5.41, 5.74) is 10.2. The highest BCUT2D eigenvalue weighted by molar-refractivity contribution is 6.99. The van der Waals surface area contributed by atoms with Crippen LogP contribution in [0.5, 0.6) is 11.5 Å². The Balaban J connectivity index is 1.13. The lowest BCUT2D eigenvalue weighted by molar-refractivity contribution is 0.487. The molecule has 3 nitrogen and oxygen atoms in total. The number of halogens is 4. The molecule has 8 heteroatoms. The number of hydrogen-bond acceptors (Lipinski definition) is 3. The maximum absolute atomic E-state index is 15.5. The minimum absolute atomic E-state index is 0.130. The molecule has 2 heterocycles. The van der Waals surface area contributed by atoms with Crippen LogP contribution in [0.4, 0.5) is 51.7 Å². The molecule has 0 spiro atoms. The summed E-state index contributed by atoms with van der Waals surface area (Å²) in [6.45, 7) is 4.16. The van der Waals surface area contributed by atoms with E-state index in [0.717, 1.165) is 61.5 Å². The van der Waals surface area contributed by atoms with Gasteiger partial charge in [-0.25, -0.2) is 17.6 Å². The number of para-hydroxylation sites is 2. The molecule has 0 amide bonds. The summed E-state index contributed by atoms with van der Waals surface area (Å²) in [5.74, 6) is -0.619. The van der Waals surface area contributed by atoms with Crippen LogP contribution in [0, 0.1) is 23.3 Å². The van der Waals surface area contributed by atoms with Crippen molar-refractivity contribution < 1.29 is 22.3 Å². The third-order valence-electron chi connectivity index (χ3n) is 11.0. The van der Waals surface area contributed by atoms with Gasteiger partial charge in [-0.15, -0.1) is 0 Å². The second-order valence-electron chi connectivity index (χ2n) is 14.3. The lowest BCUT2D eigenvalue weighted by Crippen LogP contribution is -2.59. The van der Waals surface area contributed by atoms with E-state index in [0.29, 0.717) is 17.1 Å². The average molecular weight is 701 g/mol. The molecular formula is C45H29BF4N2O. The van der Waals surface area contributed by atoms with Crippen LogP contribution in [0.25, 0.3) is 11.1 Å². The summed E-state index contributed by atoms with van der Waals surface area (Å²) >= 11 is 0. The van der Waals surface area contributed by atoms with E-state index in [1.54, 1.807) is 29.2 Å². The molecule has 7 aromatic carbocycles. The molecule has 0 radical (unpaired) electrons. The summed E-state index contributed by atoms with van der Waals surface area (Å²) < 4.78 is 65.7. The van der Waals surface area contributed by atoms with Crippen molar-refractivity contribution in [3.63, 3.8) is 0 Å². The Labute approximate surface area is 304 Å². The van der Waals surface area contributed by atoms with Crippen molar-refractivity contribution in [3.8, 4) is 22.6 Å². The van der Waals surface area contributed by atoms with Crippen molar-refractivity contribution >= 4 is 57.2 Å². The standard InChI is InChI=1S/C45H29BF4N2O/c1-45(2)33-23-30(51(28-17-13-26(47)14-18-28)29-19-15-27(48)16-20-29)21-22-31(33)32-24-42-36(25-34(32)45)46-35-7-3-4-10-39(35)52(44-37(49)8-5-9-38(44)50)40-11-6-12-41(53-42)43(40)46/h3-25H,1-2H3. The highest BCUT2D eigenvalue weighted by Crippen LogP contribution is 2.52. The van der Waals surface area contributed by atoms with Gasteiger partial charge in [0.2, 0.25) is 0 Å². The molecule has 0 bridgehead atoms. The second-order valence-corrected chi connectivity index (χ2v) is 14.3. The van der Waals surface area contributed by atoms with E-state index >= 15 is 8.78 Å². The van der Waals surface area contributed by atoms with Crippen molar-refractivity contribution in [2.45, 2.75) is 19.3 Å². The van der Waals surface area contributed by atoms with E-state index < -0.39 is 17.0 Å². The molecule has 0 aromatic heterocycles. The fourth-order valence-electron chi connectivity index (χ4n) is 8.56. The van der Waals surface area contributed by atoms with Crippen LogP contribution in [0.15, 0.2) is 140 Å². The molecule has 2 aliphatic heterocycles. The number of benzene rings is 7. The third kappa shape index (κ3) is 4.61. The van der Waals surface area contributed by atoms with Crippen molar-refractivity contribution in [1.82, 2.24) is 0 Å². The molecule has 3 aliphatic rings. The fourth-order valence-corrected chi connectivity index (χ4v) is 8.56. The number of ether oxygens (including phenoxy) is 1. The first-order chi connectivity index (χ1) is 25.7. The van der Waals surface area contributed by atoms with Gasteiger partial charge in [0.05, 0.1) is 0 Å². The van der Waals surface area contributed by atoms with Gasteiger partial charge in [0.25, 0.3) is 6.71 Å². The van der Waals surface area contributed by atoms with Crippen LogP contribution >= 0.6 is 0 Å². The van der Waals surface area contributed by atoms with Crippen LogP contribution < -0.4 is 30.9 Å². The fraction of sp³-hybridized carbons (Fsp3) is 0.0667. The quantitative estimate of drug-likeness (QED) is 0.134. The Hall–Kier alpha value is -6.28. The predicted molar refractivity (Wildman–Crippen MR) is 204 cm³/mol. The molecule has 0 fully saturated rings. The van der Waals surface area contributed by atoms with Crippen molar-refractivity contribution in [3.05, 3.63) is 174 Å². The molecule has 0 saturated heterocycles. The summed E-state index contributed by atoms with van der Waals surface area (Å²) in [7, 11) is 0. The van der Waals surface area contributed by atoms with Crippen LogP contribution in [0.1, 0.15) is 25.0 Å². The number of fused-ring (bicyclic) bond motifs is 7. The minimum atomic E-state index is -0.651. The Kier molecular flexibility index (Phi) is 6.74. The predicted octanol–water partition coefficient (Wildman–Crippen LogP) is 10.4. The number of hydrogen-bond donors (Lipinski definition) is 0. The van der Waals surface area contributed by atoms with Crippen molar-refractivity contribution in [2.24, 2.45) is 0 Å². The van der Waals surface area contributed by atoms with Gasteiger partial charge in [0.15, 0.2) is 0 Å². The zero-order valence-corrected chi connectivity index (χ0v) is 28.7. The average Bonchev–Trinajstić information content (AvgIpc) is 3.37. The zero-order chi connectivity index (χ0) is 36.2. The Morgan fingerprint density at radius 2 is 1.15 bits per heavy atom. The lowest BCUT2D eigenvalue weighted by atomic mass is 9.34. The normalized spacial score (nSPS) is 14.1. The van der Waals surface area contributed by atoms with E-state index in [-0.39, 0.29) is 24.0 Å². The van der Waals surface area contributed by atoms with E-state index in [2.05, 4.69) is 38.1 Å². The van der Waals surface area contributed by atoms with Gasteiger partial charge in [-0.3, -0.25) is 0 Å². The molecule has 1 aliphatic carbocycles. The molecule has 0 N–H and O–H groups in total. The van der Waals surface area contributed by atoms with E-state index in [4.69, 9.17) is 4.74 Å². The van der Waals surface area contributed by atoms with E-state index in [1.807, 2.05) is 53.4 Å². The number of anilines is 6. The van der Waals surface area contributed by atoms with Gasteiger partial charge in [0.1, 0.15) is 40.5 Å². The zero-order valence-electron chi connectivity index (χ0n) is 28.7. The van der Waals surface area contributed by atoms with Crippen LogP contribution in [-0.4, -0.2) is 6.71 Å². The third-order valence-corrected chi connectivity index (χ3v) is 11.0. The number of nitrogens with zero attached hydrogens (tertiary/aromatic N) is 2. The Bertz CT molecular complexity index is 2580. The molecule has 53 heavy (non-hydrogen) atoms. The molecule has 7 aromatic rings. The smallest absolute Gasteiger partial charge is 0.256 e. The topological polar surface area (TPSA) is 15.7 Å². The van der Waals surface area contributed by atoms with Gasteiger partial charge in [-0.2, -0.15) is 0 Å². The molecule has 0 atom stereocenters. The maximum Gasteiger partial charge on any atom is 0.256 e.